The van der Waals surface area contributed by atoms with Crippen LogP contribution < -0.4 is 0 Å². The lowest BCUT2D eigenvalue weighted by Crippen LogP contribution is -1.87. The monoisotopic (exact) mass is 251 g/mol. The van der Waals surface area contributed by atoms with Crippen LogP contribution in [0.2, 0.25) is 0 Å². The molecule has 0 unspecified atom stereocenters. The molecule has 0 amide bonds. The van der Waals surface area contributed by atoms with Crippen LogP contribution in [0.4, 0.5) is 8.78 Å². The minimum atomic E-state index is -0.502. The fraction of sp³-hybridized carbons (Fsp3) is 0. The van der Waals surface area contributed by atoms with Gasteiger partial charge in [-0.05, 0) is 30.3 Å². The zero-order valence-electron chi connectivity index (χ0n) is 8.56. The third-order valence-electron chi connectivity index (χ3n) is 2.00. The summed E-state index contributed by atoms with van der Waals surface area (Å²) in [5, 5.41) is 0.500. The molecule has 2 rings (SSSR count). The molecule has 5 heteroatoms. The number of carbonyl (C=O) groups is 1. The maximum atomic E-state index is 13.3. The Bertz CT molecular complexity index is 543. The largest absolute Gasteiger partial charge is 0.298 e. The van der Waals surface area contributed by atoms with Crippen molar-refractivity contribution in [3.8, 4) is 0 Å². The summed E-state index contributed by atoms with van der Waals surface area (Å²) in [5.74, 6) is -1.00. The van der Waals surface area contributed by atoms with E-state index in [1.807, 2.05) is 0 Å². The number of halogens is 2. The van der Waals surface area contributed by atoms with Crippen LogP contribution >= 0.6 is 11.8 Å². The van der Waals surface area contributed by atoms with E-state index < -0.39 is 11.6 Å². The summed E-state index contributed by atoms with van der Waals surface area (Å²) in [5.41, 5.74) is 0.439. The molecular weight excluding hydrogens is 244 g/mol. The average Bonchev–Trinajstić information content (AvgIpc) is 2.35. The molecule has 1 heterocycles. The first-order valence-electron chi connectivity index (χ1n) is 4.73. The van der Waals surface area contributed by atoms with Crippen molar-refractivity contribution < 1.29 is 13.6 Å². The minimum Gasteiger partial charge on any atom is -0.298 e. The standard InChI is InChI=1S/C12H7F2NOS/c13-9-2-3-10(14)11(5-9)17-12-4-1-8(7-16)6-15-12/h1-7H. The van der Waals surface area contributed by atoms with Gasteiger partial charge >= 0.3 is 0 Å². The Kier molecular flexibility index (Phi) is 3.49. The van der Waals surface area contributed by atoms with Crippen LogP contribution in [0.15, 0.2) is 46.5 Å². The molecule has 0 bridgehead atoms. The lowest BCUT2D eigenvalue weighted by atomic mass is 10.3. The van der Waals surface area contributed by atoms with Crippen molar-refractivity contribution in [2.24, 2.45) is 0 Å². The minimum absolute atomic E-state index is 0.163. The number of benzene rings is 1. The molecule has 0 fully saturated rings. The predicted octanol–water partition coefficient (Wildman–Crippen LogP) is 3.32. The van der Waals surface area contributed by atoms with Crippen molar-refractivity contribution in [3.05, 3.63) is 53.7 Å². The molecule has 2 nitrogen and oxygen atoms in total. The summed E-state index contributed by atoms with van der Waals surface area (Å²) in [6.07, 6.45) is 2.05. The van der Waals surface area contributed by atoms with Gasteiger partial charge in [-0.1, -0.05) is 11.8 Å². The number of hydrogen-bond donors (Lipinski definition) is 0. The topological polar surface area (TPSA) is 30.0 Å². The quantitative estimate of drug-likeness (QED) is 0.784. The molecule has 86 valence electrons. The number of aldehydes is 1. The van der Waals surface area contributed by atoms with Gasteiger partial charge in [-0.15, -0.1) is 0 Å². The fourth-order valence-electron chi connectivity index (χ4n) is 1.19. The van der Waals surface area contributed by atoms with E-state index in [0.717, 1.165) is 30.0 Å². The van der Waals surface area contributed by atoms with Gasteiger partial charge in [0, 0.05) is 11.8 Å². The Balaban J connectivity index is 2.24. The van der Waals surface area contributed by atoms with Crippen LogP contribution in [-0.4, -0.2) is 11.3 Å². The Labute approximate surface area is 101 Å². The van der Waals surface area contributed by atoms with Gasteiger partial charge in [0.25, 0.3) is 0 Å². The molecule has 1 aromatic carbocycles. The Morgan fingerprint density at radius 1 is 1.18 bits per heavy atom. The van der Waals surface area contributed by atoms with E-state index in [2.05, 4.69) is 4.98 Å². The third-order valence-corrected chi connectivity index (χ3v) is 2.99. The fourth-order valence-corrected chi connectivity index (χ4v) is 1.99. The molecule has 17 heavy (non-hydrogen) atoms. The Morgan fingerprint density at radius 2 is 2.00 bits per heavy atom. The maximum absolute atomic E-state index is 13.3. The van der Waals surface area contributed by atoms with E-state index in [1.54, 1.807) is 12.1 Å². The number of nitrogens with zero attached hydrogens (tertiary/aromatic N) is 1. The highest BCUT2D eigenvalue weighted by atomic mass is 32.2. The van der Waals surface area contributed by atoms with Crippen LogP contribution in [0.3, 0.4) is 0 Å². The van der Waals surface area contributed by atoms with E-state index in [1.165, 1.54) is 6.20 Å². The molecule has 0 aliphatic rings. The van der Waals surface area contributed by atoms with Gasteiger partial charge in [-0.3, -0.25) is 4.79 Å². The third kappa shape index (κ3) is 2.88. The van der Waals surface area contributed by atoms with E-state index in [-0.39, 0.29) is 4.90 Å². The highest BCUT2D eigenvalue weighted by molar-refractivity contribution is 7.99. The number of aromatic nitrogens is 1. The van der Waals surface area contributed by atoms with Crippen LogP contribution in [0, 0.1) is 11.6 Å². The average molecular weight is 251 g/mol. The van der Waals surface area contributed by atoms with E-state index in [9.17, 15) is 13.6 Å². The van der Waals surface area contributed by atoms with Crippen LogP contribution in [-0.2, 0) is 0 Å². The molecule has 0 atom stereocenters. The second-order valence-electron chi connectivity index (χ2n) is 3.22. The Hall–Kier alpha value is -1.75. The highest BCUT2D eigenvalue weighted by Crippen LogP contribution is 2.28. The lowest BCUT2D eigenvalue weighted by molar-refractivity contribution is 0.112. The summed E-state index contributed by atoms with van der Waals surface area (Å²) >= 11 is 1.01. The van der Waals surface area contributed by atoms with Crippen LogP contribution in [0.1, 0.15) is 10.4 Å². The summed E-state index contributed by atoms with van der Waals surface area (Å²) in [4.78, 5) is 14.5. The van der Waals surface area contributed by atoms with Crippen molar-refractivity contribution in [1.82, 2.24) is 4.98 Å². The van der Waals surface area contributed by atoms with Gasteiger partial charge < -0.3 is 0 Å². The first-order valence-corrected chi connectivity index (χ1v) is 5.55. The van der Waals surface area contributed by atoms with Crippen LogP contribution in [0.25, 0.3) is 0 Å². The molecule has 0 N–H and O–H groups in total. The lowest BCUT2D eigenvalue weighted by Gasteiger charge is -2.02. The molecule has 0 spiro atoms. The SMILES string of the molecule is O=Cc1ccc(Sc2cc(F)ccc2F)nc1. The van der Waals surface area contributed by atoms with E-state index in [0.29, 0.717) is 16.9 Å². The maximum Gasteiger partial charge on any atom is 0.151 e. The molecule has 0 aliphatic carbocycles. The summed E-state index contributed by atoms with van der Waals surface area (Å²) in [7, 11) is 0. The van der Waals surface area contributed by atoms with Gasteiger partial charge in [0.2, 0.25) is 0 Å². The number of pyridine rings is 1. The molecule has 0 radical (unpaired) electrons. The van der Waals surface area contributed by atoms with Crippen molar-refractivity contribution in [2.45, 2.75) is 9.92 Å². The van der Waals surface area contributed by atoms with Crippen molar-refractivity contribution in [3.63, 3.8) is 0 Å². The second kappa shape index (κ2) is 5.05. The summed E-state index contributed by atoms with van der Waals surface area (Å²) in [6, 6.07) is 6.38. The summed E-state index contributed by atoms with van der Waals surface area (Å²) in [6.45, 7) is 0. The molecule has 0 saturated carbocycles. The second-order valence-corrected chi connectivity index (χ2v) is 4.29. The first kappa shape index (κ1) is 11.7. The number of rotatable bonds is 3. The van der Waals surface area contributed by atoms with Gasteiger partial charge in [0.1, 0.15) is 16.7 Å². The molecule has 0 saturated heterocycles. The molecule has 1 aromatic heterocycles. The zero-order valence-corrected chi connectivity index (χ0v) is 9.38. The van der Waals surface area contributed by atoms with Gasteiger partial charge in [0.05, 0.1) is 4.90 Å². The zero-order chi connectivity index (χ0) is 12.3. The van der Waals surface area contributed by atoms with Crippen molar-refractivity contribution >= 4 is 18.0 Å². The first-order chi connectivity index (χ1) is 8.19. The normalized spacial score (nSPS) is 10.2. The number of hydrogen-bond acceptors (Lipinski definition) is 3. The van der Waals surface area contributed by atoms with Crippen LogP contribution in [0.5, 0.6) is 0 Å². The van der Waals surface area contributed by atoms with Gasteiger partial charge in [-0.25, -0.2) is 13.8 Å². The van der Waals surface area contributed by atoms with E-state index in [4.69, 9.17) is 0 Å². The highest BCUT2D eigenvalue weighted by Gasteiger charge is 2.06. The van der Waals surface area contributed by atoms with Gasteiger partial charge in [0.15, 0.2) is 6.29 Å². The van der Waals surface area contributed by atoms with E-state index >= 15 is 0 Å². The van der Waals surface area contributed by atoms with Crippen molar-refractivity contribution in [2.75, 3.05) is 0 Å². The molecule has 2 aromatic rings. The molecular formula is C12H7F2NOS. The predicted molar refractivity (Wildman–Crippen MR) is 60.1 cm³/mol. The summed E-state index contributed by atoms with van der Waals surface area (Å²) < 4.78 is 26.3. The smallest absolute Gasteiger partial charge is 0.151 e. The van der Waals surface area contributed by atoms with Crippen molar-refractivity contribution in [1.29, 1.82) is 0 Å². The van der Waals surface area contributed by atoms with Gasteiger partial charge in [-0.2, -0.15) is 0 Å². The molecule has 0 aliphatic heterocycles. The Morgan fingerprint density at radius 3 is 2.65 bits per heavy atom. The number of carbonyl (C=O) groups excluding carboxylic acids is 1.